The van der Waals surface area contributed by atoms with Crippen molar-refractivity contribution in [3.05, 3.63) is 58.5 Å². The number of nitrogens with one attached hydrogen (secondary N) is 3. The van der Waals surface area contributed by atoms with Gasteiger partial charge in [0, 0.05) is 24.3 Å². The summed E-state index contributed by atoms with van der Waals surface area (Å²) in [6.07, 6.45) is 0. The maximum atomic E-state index is 12.6. The largest absolute Gasteiger partial charge is 0.323 e. The van der Waals surface area contributed by atoms with E-state index in [0.29, 0.717) is 29.8 Å². The Morgan fingerprint density at radius 1 is 1.04 bits per heavy atom. The van der Waals surface area contributed by atoms with Gasteiger partial charge in [-0.2, -0.15) is 4.31 Å². The monoisotopic (exact) mass is 388 g/mol. The normalized spacial score (nSPS) is 11.8. The Morgan fingerprint density at radius 3 is 2.44 bits per heavy atom. The third-order valence-electron chi connectivity index (χ3n) is 4.21. The highest BCUT2D eigenvalue weighted by Gasteiger charge is 2.22. The van der Waals surface area contributed by atoms with Crippen molar-refractivity contribution in [1.82, 2.24) is 14.3 Å². The molecule has 0 saturated carbocycles. The summed E-state index contributed by atoms with van der Waals surface area (Å²) in [5.74, 6) is -0.441. The van der Waals surface area contributed by atoms with Gasteiger partial charge in [-0.15, -0.1) is 0 Å². The molecule has 0 aliphatic rings. The number of fused-ring (bicyclic) bond motifs is 1. The number of rotatable bonds is 6. The molecule has 0 aliphatic carbocycles. The van der Waals surface area contributed by atoms with Crippen LogP contribution in [0.1, 0.15) is 24.2 Å². The minimum absolute atomic E-state index is 0.0734. The first-order valence-corrected chi connectivity index (χ1v) is 9.92. The molecular formula is C18H20N4O4S. The standard InChI is InChI=1S/C18H20N4O4S/c1-3-22(4-2)27(25,26)14-7-5-6-12(10-14)17(23)19-13-8-9-15-16(11-13)21-18(24)20-15/h5-11H,3-4H2,1-2H3,(H,19,23)(H2,20,21,24). The summed E-state index contributed by atoms with van der Waals surface area (Å²) in [5, 5.41) is 2.71. The van der Waals surface area contributed by atoms with E-state index in [1.54, 1.807) is 38.1 Å². The van der Waals surface area contributed by atoms with Gasteiger partial charge in [-0.1, -0.05) is 19.9 Å². The van der Waals surface area contributed by atoms with E-state index < -0.39 is 15.9 Å². The number of carbonyl (C=O) groups excluding carboxylic acids is 1. The lowest BCUT2D eigenvalue weighted by molar-refractivity contribution is 0.102. The van der Waals surface area contributed by atoms with Crippen LogP contribution in [0.4, 0.5) is 5.69 Å². The van der Waals surface area contributed by atoms with E-state index in [9.17, 15) is 18.0 Å². The highest BCUT2D eigenvalue weighted by Crippen LogP contribution is 2.19. The Balaban J connectivity index is 1.87. The zero-order valence-electron chi connectivity index (χ0n) is 14.9. The van der Waals surface area contributed by atoms with E-state index in [-0.39, 0.29) is 16.1 Å². The number of benzene rings is 2. The van der Waals surface area contributed by atoms with Gasteiger partial charge in [0.2, 0.25) is 10.0 Å². The van der Waals surface area contributed by atoms with Gasteiger partial charge in [0.25, 0.3) is 5.91 Å². The fourth-order valence-corrected chi connectivity index (χ4v) is 4.33. The number of H-pyrrole nitrogens is 2. The molecule has 9 heteroatoms. The summed E-state index contributed by atoms with van der Waals surface area (Å²) < 4.78 is 26.6. The number of hydrogen-bond acceptors (Lipinski definition) is 4. The molecule has 27 heavy (non-hydrogen) atoms. The number of anilines is 1. The van der Waals surface area contributed by atoms with Crippen LogP contribution in [-0.4, -0.2) is 41.7 Å². The maximum absolute atomic E-state index is 12.6. The quantitative estimate of drug-likeness (QED) is 0.600. The summed E-state index contributed by atoms with van der Waals surface area (Å²) in [5.41, 5.74) is 1.58. The third kappa shape index (κ3) is 3.79. The summed E-state index contributed by atoms with van der Waals surface area (Å²) in [6, 6.07) is 10.9. The van der Waals surface area contributed by atoms with Gasteiger partial charge in [0.05, 0.1) is 15.9 Å². The lowest BCUT2D eigenvalue weighted by atomic mass is 10.2. The van der Waals surface area contributed by atoms with Crippen LogP contribution >= 0.6 is 0 Å². The predicted octanol–water partition coefficient (Wildman–Crippen LogP) is 2.14. The third-order valence-corrected chi connectivity index (χ3v) is 6.26. The van der Waals surface area contributed by atoms with Crippen LogP contribution in [0.3, 0.4) is 0 Å². The lowest BCUT2D eigenvalue weighted by Gasteiger charge is -2.18. The van der Waals surface area contributed by atoms with E-state index in [1.807, 2.05) is 0 Å². The first kappa shape index (κ1) is 18.9. The highest BCUT2D eigenvalue weighted by molar-refractivity contribution is 7.89. The van der Waals surface area contributed by atoms with Crippen molar-refractivity contribution in [2.45, 2.75) is 18.7 Å². The Morgan fingerprint density at radius 2 is 1.74 bits per heavy atom. The smallest absolute Gasteiger partial charge is 0.322 e. The molecule has 0 bridgehead atoms. The molecule has 0 fully saturated rings. The average Bonchev–Trinajstić information content (AvgIpc) is 3.02. The fourth-order valence-electron chi connectivity index (χ4n) is 2.82. The number of carbonyl (C=O) groups is 1. The van der Waals surface area contributed by atoms with E-state index in [2.05, 4.69) is 15.3 Å². The van der Waals surface area contributed by atoms with Crippen LogP contribution < -0.4 is 11.0 Å². The van der Waals surface area contributed by atoms with E-state index in [1.165, 1.54) is 22.5 Å². The molecule has 3 N–H and O–H groups in total. The maximum Gasteiger partial charge on any atom is 0.323 e. The van der Waals surface area contributed by atoms with Gasteiger partial charge >= 0.3 is 5.69 Å². The number of nitrogens with zero attached hydrogens (tertiary/aromatic N) is 1. The second-order valence-corrected chi connectivity index (χ2v) is 7.85. The second-order valence-electron chi connectivity index (χ2n) is 5.91. The molecule has 0 saturated heterocycles. The zero-order chi connectivity index (χ0) is 19.6. The van der Waals surface area contributed by atoms with Crippen molar-refractivity contribution < 1.29 is 13.2 Å². The molecule has 0 radical (unpaired) electrons. The Bertz CT molecular complexity index is 1140. The number of hydrogen-bond donors (Lipinski definition) is 3. The van der Waals surface area contributed by atoms with Crippen molar-refractivity contribution >= 4 is 32.7 Å². The number of amides is 1. The molecule has 0 aliphatic heterocycles. The molecule has 3 rings (SSSR count). The highest BCUT2D eigenvalue weighted by atomic mass is 32.2. The Hall–Kier alpha value is -2.91. The first-order valence-electron chi connectivity index (χ1n) is 8.48. The van der Waals surface area contributed by atoms with E-state index in [4.69, 9.17) is 0 Å². The average molecular weight is 388 g/mol. The van der Waals surface area contributed by atoms with Crippen LogP contribution in [0.15, 0.2) is 52.2 Å². The number of imidazole rings is 1. The second kappa shape index (κ2) is 7.37. The molecule has 142 valence electrons. The van der Waals surface area contributed by atoms with Crippen molar-refractivity contribution in [1.29, 1.82) is 0 Å². The molecule has 8 nitrogen and oxygen atoms in total. The van der Waals surface area contributed by atoms with Crippen molar-refractivity contribution in [3.63, 3.8) is 0 Å². The van der Waals surface area contributed by atoms with Gasteiger partial charge in [0.1, 0.15) is 0 Å². The van der Waals surface area contributed by atoms with Crippen LogP contribution in [0.25, 0.3) is 11.0 Å². The first-order chi connectivity index (χ1) is 12.8. The minimum atomic E-state index is -3.65. The minimum Gasteiger partial charge on any atom is -0.322 e. The van der Waals surface area contributed by atoms with Crippen molar-refractivity contribution in [2.24, 2.45) is 0 Å². The molecule has 3 aromatic rings. The Labute approximate surface area is 156 Å². The summed E-state index contributed by atoms with van der Waals surface area (Å²) >= 11 is 0. The van der Waals surface area contributed by atoms with Gasteiger partial charge in [0.15, 0.2) is 0 Å². The molecule has 0 unspecified atom stereocenters. The summed E-state index contributed by atoms with van der Waals surface area (Å²) in [6.45, 7) is 4.23. The number of aromatic nitrogens is 2. The Kier molecular flexibility index (Phi) is 5.15. The van der Waals surface area contributed by atoms with Crippen molar-refractivity contribution in [2.75, 3.05) is 18.4 Å². The number of aromatic amines is 2. The summed E-state index contributed by atoms with van der Waals surface area (Å²) in [7, 11) is -3.65. The lowest BCUT2D eigenvalue weighted by Crippen LogP contribution is -2.30. The molecule has 1 heterocycles. The van der Waals surface area contributed by atoms with Crippen LogP contribution in [0, 0.1) is 0 Å². The van der Waals surface area contributed by atoms with Gasteiger partial charge < -0.3 is 15.3 Å². The fraction of sp³-hybridized carbons (Fsp3) is 0.222. The molecule has 1 aromatic heterocycles. The molecule has 0 spiro atoms. The zero-order valence-corrected chi connectivity index (χ0v) is 15.8. The van der Waals surface area contributed by atoms with Gasteiger partial charge in [-0.25, -0.2) is 13.2 Å². The van der Waals surface area contributed by atoms with E-state index in [0.717, 1.165) is 0 Å². The molecule has 1 amide bonds. The van der Waals surface area contributed by atoms with Crippen molar-refractivity contribution in [3.8, 4) is 0 Å². The topological polar surface area (TPSA) is 115 Å². The molecular weight excluding hydrogens is 368 g/mol. The number of sulfonamides is 1. The van der Waals surface area contributed by atoms with Crippen LogP contribution in [0.2, 0.25) is 0 Å². The van der Waals surface area contributed by atoms with Gasteiger partial charge in [-0.3, -0.25) is 4.79 Å². The predicted molar refractivity (Wildman–Crippen MR) is 103 cm³/mol. The summed E-state index contributed by atoms with van der Waals surface area (Å²) in [4.78, 5) is 29.2. The molecule has 0 atom stereocenters. The SMILES string of the molecule is CCN(CC)S(=O)(=O)c1cccc(C(=O)Nc2ccc3[nH]c(=O)[nH]c3c2)c1. The van der Waals surface area contributed by atoms with Gasteiger partial charge in [-0.05, 0) is 36.4 Å². The van der Waals surface area contributed by atoms with Crippen LogP contribution in [0.5, 0.6) is 0 Å². The van der Waals surface area contributed by atoms with Crippen LogP contribution in [-0.2, 0) is 10.0 Å². The van der Waals surface area contributed by atoms with E-state index >= 15 is 0 Å². The molecule has 2 aromatic carbocycles.